The van der Waals surface area contributed by atoms with Crippen LogP contribution >= 0.6 is 11.8 Å². The SMILES string of the molecule is Cn1c2ccccc2c2nnc(Sc3nc(NC(C)(C)C)nc(NC(C)(C)C)n3)nc21. The van der Waals surface area contributed by atoms with Crippen molar-refractivity contribution in [1.82, 2.24) is 34.7 Å². The molecule has 162 valence electrons. The first-order valence-electron chi connectivity index (χ1n) is 10.1. The summed E-state index contributed by atoms with van der Waals surface area (Å²) in [6, 6.07) is 8.07. The summed E-state index contributed by atoms with van der Waals surface area (Å²) in [6.45, 7) is 12.3. The van der Waals surface area contributed by atoms with Crippen molar-refractivity contribution in [2.45, 2.75) is 62.9 Å². The largest absolute Gasteiger partial charge is 0.349 e. The standard InChI is InChI=1S/C21H27N9S/c1-20(2,3)26-16-23-17(27-21(4,5)6)25-18(24-16)31-19-22-15-14(28-29-19)12-10-8-9-11-13(12)30(15)7/h8-11H,1-7H3,(H2,23,24,25,26,27). The average molecular weight is 438 g/mol. The van der Waals surface area contributed by atoms with E-state index >= 15 is 0 Å². The number of benzene rings is 1. The number of aryl methyl sites for hydroxylation is 1. The number of anilines is 2. The average Bonchev–Trinajstić information content (AvgIpc) is 2.91. The lowest BCUT2D eigenvalue weighted by molar-refractivity contribution is 0.611. The first-order valence-corrected chi connectivity index (χ1v) is 10.9. The van der Waals surface area contributed by atoms with E-state index in [-0.39, 0.29) is 11.1 Å². The monoisotopic (exact) mass is 437 g/mol. The smallest absolute Gasteiger partial charge is 0.228 e. The first-order chi connectivity index (χ1) is 14.5. The Morgan fingerprint density at radius 2 is 1.39 bits per heavy atom. The molecule has 0 amide bonds. The third-order valence-corrected chi connectivity index (χ3v) is 4.98. The van der Waals surface area contributed by atoms with Gasteiger partial charge in [0.15, 0.2) is 5.65 Å². The molecule has 0 spiro atoms. The summed E-state index contributed by atoms with van der Waals surface area (Å²) >= 11 is 1.26. The van der Waals surface area contributed by atoms with E-state index in [1.54, 1.807) is 0 Å². The van der Waals surface area contributed by atoms with Gasteiger partial charge in [-0.3, -0.25) is 0 Å². The summed E-state index contributed by atoms with van der Waals surface area (Å²) in [7, 11) is 1.98. The number of para-hydroxylation sites is 1. The van der Waals surface area contributed by atoms with Gasteiger partial charge < -0.3 is 15.2 Å². The van der Waals surface area contributed by atoms with Gasteiger partial charge in [0.25, 0.3) is 0 Å². The van der Waals surface area contributed by atoms with Crippen LogP contribution in [-0.2, 0) is 7.05 Å². The fourth-order valence-corrected chi connectivity index (χ4v) is 3.74. The highest BCUT2D eigenvalue weighted by Gasteiger charge is 2.19. The van der Waals surface area contributed by atoms with E-state index in [4.69, 9.17) is 4.98 Å². The first kappa shape index (κ1) is 21.2. The van der Waals surface area contributed by atoms with Crippen molar-refractivity contribution in [3.8, 4) is 0 Å². The highest BCUT2D eigenvalue weighted by atomic mass is 32.2. The molecule has 9 nitrogen and oxygen atoms in total. The number of fused-ring (bicyclic) bond motifs is 3. The second kappa shape index (κ2) is 7.60. The normalized spacial score (nSPS) is 12.5. The highest BCUT2D eigenvalue weighted by molar-refractivity contribution is 7.99. The third-order valence-electron chi connectivity index (χ3n) is 4.26. The number of nitrogens with one attached hydrogen (secondary N) is 2. The van der Waals surface area contributed by atoms with Crippen molar-refractivity contribution in [2.24, 2.45) is 7.05 Å². The van der Waals surface area contributed by atoms with Crippen LogP contribution in [0.5, 0.6) is 0 Å². The summed E-state index contributed by atoms with van der Waals surface area (Å²) < 4.78 is 2.02. The zero-order valence-corrected chi connectivity index (χ0v) is 19.7. The lowest BCUT2D eigenvalue weighted by atomic mass is 10.1. The van der Waals surface area contributed by atoms with Gasteiger partial charge in [0.05, 0.1) is 5.52 Å². The zero-order valence-electron chi connectivity index (χ0n) is 18.8. The predicted molar refractivity (Wildman–Crippen MR) is 125 cm³/mol. The lowest BCUT2D eigenvalue weighted by Gasteiger charge is -2.23. The quantitative estimate of drug-likeness (QED) is 0.484. The van der Waals surface area contributed by atoms with Crippen molar-refractivity contribution in [2.75, 3.05) is 10.6 Å². The van der Waals surface area contributed by atoms with Gasteiger partial charge in [-0.05, 0) is 59.4 Å². The van der Waals surface area contributed by atoms with Crippen LogP contribution in [0.25, 0.3) is 22.1 Å². The lowest BCUT2D eigenvalue weighted by Crippen LogP contribution is -2.30. The van der Waals surface area contributed by atoms with E-state index in [2.05, 4.69) is 77.3 Å². The summed E-state index contributed by atoms with van der Waals surface area (Å²) in [5.74, 6) is 0.991. The number of hydrogen-bond acceptors (Lipinski definition) is 9. The van der Waals surface area contributed by atoms with Crippen molar-refractivity contribution < 1.29 is 0 Å². The van der Waals surface area contributed by atoms with Gasteiger partial charge in [0.2, 0.25) is 22.2 Å². The Labute approximate surface area is 185 Å². The van der Waals surface area contributed by atoms with Crippen molar-refractivity contribution in [1.29, 1.82) is 0 Å². The van der Waals surface area contributed by atoms with Gasteiger partial charge in [0, 0.05) is 23.5 Å². The Balaban J connectivity index is 1.72. The highest BCUT2D eigenvalue weighted by Crippen LogP contribution is 2.28. The topological polar surface area (TPSA) is 106 Å². The molecule has 0 aliphatic heterocycles. The Morgan fingerprint density at radius 1 is 0.774 bits per heavy atom. The third kappa shape index (κ3) is 4.84. The Bertz CT molecular complexity index is 1220. The summed E-state index contributed by atoms with van der Waals surface area (Å²) in [5, 5.41) is 17.4. The fraction of sp³-hybridized carbons (Fsp3) is 0.429. The molecule has 4 aromatic rings. The Morgan fingerprint density at radius 3 is 2.00 bits per heavy atom. The molecule has 0 aliphatic rings. The van der Waals surface area contributed by atoms with Crippen molar-refractivity contribution >= 4 is 45.7 Å². The van der Waals surface area contributed by atoms with Crippen LogP contribution in [0.1, 0.15) is 41.5 Å². The van der Waals surface area contributed by atoms with Gasteiger partial charge in [-0.2, -0.15) is 15.0 Å². The second-order valence-corrected chi connectivity index (χ2v) is 10.4. The van der Waals surface area contributed by atoms with Crippen LogP contribution in [0, 0.1) is 0 Å². The maximum Gasteiger partial charge on any atom is 0.228 e. The summed E-state index contributed by atoms with van der Waals surface area (Å²) in [4.78, 5) is 18.4. The van der Waals surface area contributed by atoms with E-state index in [1.807, 2.05) is 35.9 Å². The van der Waals surface area contributed by atoms with Crippen LogP contribution in [0.3, 0.4) is 0 Å². The van der Waals surface area contributed by atoms with Crippen molar-refractivity contribution in [3.63, 3.8) is 0 Å². The number of hydrogen-bond donors (Lipinski definition) is 2. The fourth-order valence-electron chi connectivity index (χ4n) is 3.10. The molecule has 0 fully saturated rings. The van der Waals surface area contributed by atoms with Crippen LogP contribution in [-0.4, -0.2) is 45.8 Å². The van der Waals surface area contributed by atoms with E-state index in [1.165, 1.54) is 11.8 Å². The summed E-state index contributed by atoms with van der Waals surface area (Å²) in [6.07, 6.45) is 0. The maximum absolute atomic E-state index is 4.73. The van der Waals surface area contributed by atoms with Gasteiger partial charge in [-0.25, -0.2) is 4.98 Å². The molecule has 0 bridgehead atoms. The van der Waals surface area contributed by atoms with Gasteiger partial charge in [-0.1, -0.05) is 18.2 Å². The van der Waals surface area contributed by atoms with E-state index in [0.29, 0.717) is 22.2 Å². The minimum atomic E-state index is -0.192. The van der Waals surface area contributed by atoms with Gasteiger partial charge in [0.1, 0.15) is 5.52 Å². The summed E-state index contributed by atoms with van der Waals surface area (Å²) in [5.41, 5.74) is 2.23. The van der Waals surface area contributed by atoms with Gasteiger partial charge >= 0.3 is 0 Å². The molecular formula is C21H27N9S. The van der Waals surface area contributed by atoms with Crippen LogP contribution in [0.15, 0.2) is 34.6 Å². The molecule has 0 saturated heterocycles. The molecule has 0 saturated carbocycles. The molecular weight excluding hydrogens is 410 g/mol. The minimum Gasteiger partial charge on any atom is -0.349 e. The Kier molecular flexibility index (Phi) is 5.20. The van der Waals surface area contributed by atoms with Crippen LogP contribution < -0.4 is 10.6 Å². The molecule has 4 rings (SSSR count). The van der Waals surface area contributed by atoms with Crippen molar-refractivity contribution in [3.05, 3.63) is 24.3 Å². The maximum atomic E-state index is 4.73. The van der Waals surface area contributed by atoms with E-state index in [9.17, 15) is 0 Å². The zero-order chi connectivity index (χ0) is 22.4. The second-order valence-electron chi connectivity index (χ2n) is 9.46. The molecule has 0 unspecified atom stereocenters. The number of nitrogens with zero attached hydrogens (tertiary/aromatic N) is 7. The number of rotatable bonds is 4. The molecule has 31 heavy (non-hydrogen) atoms. The van der Waals surface area contributed by atoms with E-state index in [0.717, 1.165) is 22.1 Å². The molecule has 0 aliphatic carbocycles. The Hall–Kier alpha value is -3.01. The molecule has 3 aromatic heterocycles. The number of aromatic nitrogens is 7. The molecule has 0 atom stereocenters. The van der Waals surface area contributed by atoms with Gasteiger partial charge in [-0.15, -0.1) is 10.2 Å². The molecule has 0 radical (unpaired) electrons. The molecule has 2 N–H and O–H groups in total. The van der Waals surface area contributed by atoms with E-state index < -0.39 is 0 Å². The van der Waals surface area contributed by atoms with Crippen LogP contribution in [0.4, 0.5) is 11.9 Å². The molecule has 3 heterocycles. The molecule has 1 aromatic carbocycles. The predicted octanol–water partition coefficient (Wildman–Crippen LogP) is 4.27. The molecule has 10 heteroatoms. The minimum absolute atomic E-state index is 0.192. The van der Waals surface area contributed by atoms with Crippen LogP contribution in [0.2, 0.25) is 0 Å².